The van der Waals surface area contributed by atoms with Crippen LogP contribution in [0.4, 0.5) is 19.0 Å². The molecule has 4 nitrogen and oxygen atoms in total. The maximum Gasteiger partial charge on any atom is 0.418 e. The molecule has 1 aliphatic carbocycles. The molecule has 0 N–H and O–H groups in total. The molecule has 1 aromatic heterocycles. The second kappa shape index (κ2) is 5.18. The van der Waals surface area contributed by atoms with Crippen molar-refractivity contribution < 1.29 is 22.8 Å². The normalized spacial score (nSPS) is 18.7. The number of anilines is 1. The number of rotatable bonds is 1. The SMILES string of the molecule is Cc1cc(C(F)(F)F)c(C)nc1N1C(=O)C2=C(CCCC2)C1=O. The van der Waals surface area contributed by atoms with Gasteiger partial charge in [-0.25, -0.2) is 9.88 Å². The van der Waals surface area contributed by atoms with Gasteiger partial charge in [-0.3, -0.25) is 9.59 Å². The maximum atomic E-state index is 12.9. The van der Waals surface area contributed by atoms with Crippen LogP contribution in [0.2, 0.25) is 0 Å². The highest BCUT2D eigenvalue weighted by Gasteiger charge is 2.42. The molecule has 0 spiro atoms. The van der Waals surface area contributed by atoms with Crippen LogP contribution in [0.15, 0.2) is 17.2 Å². The Hall–Kier alpha value is -2.18. The zero-order valence-electron chi connectivity index (χ0n) is 12.8. The highest BCUT2D eigenvalue weighted by atomic mass is 19.4. The molecule has 7 heteroatoms. The molecule has 0 radical (unpaired) electrons. The first-order valence-corrected chi connectivity index (χ1v) is 7.38. The topological polar surface area (TPSA) is 50.3 Å². The van der Waals surface area contributed by atoms with Crippen LogP contribution in [0.25, 0.3) is 0 Å². The van der Waals surface area contributed by atoms with Gasteiger partial charge >= 0.3 is 6.18 Å². The van der Waals surface area contributed by atoms with Gasteiger partial charge in [-0.1, -0.05) is 0 Å². The van der Waals surface area contributed by atoms with Gasteiger partial charge in [0.15, 0.2) is 0 Å². The fraction of sp³-hybridized carbons (Fsp3) is 0.438. The number of alkyl halides is 3. The van der Waals surface area contributed by atoms with E-state index in [0.29, 0.717) is 24.0 Å². The van der Waals surface area contributed by atoms with Gasteiger partial charge in [0.25, 0.3) is 11.8 Å². The minimum Gasteiger partial charge on any atom is -0.269 e. The number of carbonyl (C=O) groups excluding carboxylic acids is 2. The Kier molecular flexibility index (Phi) is 3.54. The molecule has 0 fully saturated rings. The van der Waals surface area contributed by atoms with E-state index in [-0.39, 0.29) is 17.1 Å². The Labute approximate surface area is 131 Å². The number of amides is 2. The van der Waals surface area contributed by atoms with E-state index in [1.54, 1.807) is 0 Å². The van der Waals surface area contributed by atoms with Gasteiger partial charge < -0.3 is 0 Å². The summed E-state index contributed by atoms with van der Waals surface area (Å²) in [5, 5.41) is 0. The van der Waals surface area contributed by atoms with Gasteiger partial charge in [0, 0.05) is 11.1 Å². The molecule has 23 heavy (non-hydrogen) atoms. The summed E-state index contributed by atoms with van der Waals surface area (Å²) in [5.74, 6) is -0.890. The molecule has 0 atom stereocenters. The Balaban J connectivity index is 2.05. The third-order valence-electron chi connectivity index (χ3n) is 4.28. The van der Waals surface area contributed by atoms with E-state index in [1.165, 1.54) is 13.8 Å². The van der Waals surface area contributed by atoms with E-state index < -0.39 is 23.6 Å². The van der Waals surface area contributed by atoms with Crippen LogP contribution in [-0.2, 0) is 15.8 Å². The number of carbonyl (C=O) groups is 2. The van der Waals surface area contributed by atoms with Gasteiger partial charge in [0.05, 0.1) is 11.3 Å². The lowest BCUT2D eigenvalue weighted by Gasteiger charge is -2.19. The van der Waals surface area contributed by atoms with Crippen molar-refractivity contribution in [2.45, 2.75) is 45.7 Å². The van der Waals surface area contributed by atoms with Crippen molar-refractivity contribution in [3.63, 3.8) is 0 Å². The molecule has 2 amide bonds. The fourth-order valence-electron chi connectivity index (χ4n) is 3.14. The second-order valence-corrected chi connectivity index (χ2v) is 5.87. The van der Waals surface area contributed by atoms with Gasteiger partial charge in [-0.2, -0.15) is 13.2 Å². The van der Waals surface area contributed by atoms with E-state index >= 15 is 0 Å². The van der Waals surface area contributed by atoms with E-state index in [9.17, 15) is 22.8 Å². The molecule has 0 aromatic carbocycles. The lowest BCUT2D eigenvalue weighted by molar-refractivity contribution is -0.138. The van der Waals surface area contributed by atoms with Gasteiger partial charge in [-0.15, -0.1) is 0 Å². The molecule has 0 unspecified atom stereocenters. The van der Waals surface area contributed by atoms with Crippen molar-refractivity contribution >= 4 is 17.6 Å². The molecule has 1 aromatic rings. The van der Waals surface area contributed by atoms with E-state index in [2.05, 4.69) is 4.98 Å². The van der Waals surface area contributed by atoms with Crippen molar-refractivity contribution in [3.8, 4) is 0 Å². The molecule has 0 bridgehead atoms. The zero-order valence-corrected chi connectivity index (χ0v) is 12.8. The molecule has 3 rings (SSSR count). The minimum atomic E-state index is -4.52. The minimum absolute atomic E-state index is 0.0000926. The quantitative estimate of drug-likeness (QED) is 0.743. The van der Waals surface area contributed by atoms with Crippen molar-refractivity contribution in [2.75, 3.05) is 4.90 Å². The number of pyridine rings is 1. The third kappa shape index (κ3) is 2.44. The average Bonchev–Trinajstić information content (AvgIpc) is 2.73. The fourth-order valence-corrected chi connectivity index (χ4v) is 3.14. The number of hydrogen-bond acceptors (Lipinski definition) is 3. The first-order valence-electron chi connectivity index (χ1n) is 7.38. The summed E-state index contributed by atoms with van der Waals surface area (Å²) in [6.07, 6.45) is -1.77. The Morgan fingerprint density at radius 1 is 1.04 bits per heavy atom. The van der Waals surface area contributed by atoms with Gasteiger partial charge in [0.1, 0.15) is 5.82 Å². The van der Waals surface area contributed by atoms with Crippen molar-refractivity contribution in [1.29, 1.82) is 0 Å². The van der Waals surface area contributed by atoms with Crippen LogP contribution >= 0.6 is 0 Å². The summed E-state index contributed by atoms with van der Waals surface area (Å²) in [4.78, 5) is 29.8. The number of aryl methyl sites for hydroxylation is 2. The smallest absolute Gasteiger partial charge is 0.269 e. The van der Waals surface area contributed by atoms with Gasteiger partial charge in [0.2, 0.25) is 0 Å². The molecule has 0 saturated heterocycles. The van der Waals surface area contributed by atoms with Crippen LogP contribution in [0.5, 0.6) is 0 Å². The highest BCUT2D eigenvalue weighted by Crippen LogP contribution is 2.38. The Bertz CT molecular complexity index is 722. The number of aromatic nitrogens is 1. The van der Waals surface area contributed by atoms with Gasteiger partial charge in [-0.05, 0) is 51.2 Å². The number of imide groups is 1. The summed E-state index contributed by atoms with van der Waals surface area (Å²) in [6.45, 7) is 2.65. The van der Waals surface area contributed by atoms with E-state index in [4.69, 9.17) is 0 Å². The molecule has 122 valence electrons. The van der Waals surface area contributed by atoms with Crippen LogP contribution in [0, 0.1) is 13.8 Å². The van der Waals surface area contributed by atoms with Crippen molar-refractivity contribution in [1.82, 2.24) is 4.98 Å². The summed E-state index contributed by atoms with van der Waals surface area (Å²) < 4.78 is 38.8. The highest BCUT2D eigenvalue weighted by molar-refractivity contribution is 6.32. The number of halogens is 3. The van der Waals surface area contributed by atoms with E-state index in [1.807, 2.05) is 0 Å². The average molecular weight is 324 g/mol. The monoisotopic (exact) mass is 324 g/mol. The van der Waals surface area contributed by atoms with Crippen LogP contribution < -0.4 is 4.90 Å². The Morgan fingerprint density at radius 2 is 1.57 bits per heavy atom. The molecule has 2 heterocycles. The standard InChI is InChI=1S/C16H15F3N2O2/c1-8-7-12(16(17,18)19)9(2)20-13(8)21-14(22)10-5-3-4-6-11(10)15(21)23/h7H,3-6H2,1-2H3. The van der Waals surface area contributed by atoms with Crippen LogP contribution in [0.1, 0.15) is 42.5 Å². The van der Waals surface area contributed by atoms with Crippen molar-refractivity contribution in [2.24, 2.45) is 0 Å². The van der Waals surface area contributed by atoms with Crippen molar-refractivity contribution in [3.05, 3.63) is 34.0 Å². The number of nitrogens with zero attached hydrogens (tertiary/aromatic N) is 2. The summed E-state index contributed by atoms with van der Waals surface area (Å²) in [6, 6.07) is 0.940. The lowest BCUT2D eigenvalue weighted by atomic mass is 9.93. The summed E-state index contributed by atoms with van der Waals surface area (Å²) in [7, 11) is 0. The zero-order chi connectivity index (χ0) is 16.9. The molecular weight excluding hydrogens is 309 g/mol. The molecular formula is C16H15F3N2O2. The van der Waals surface area contributed by atoms with E-state index in [0.717, 1.165) is 23.8 Å². The summed E-state index contributed by atoms with van der Waals surface area (Å²) in [5.41, 5.74) is 0.0311. The summed E-state index contributed by atoms with van der Waals surface area (Å²) >= 11 is 0. The number of hydrogen-bond donors (Lipinski definition) is 0. The first-order chi connectivity index (χ1) is 10.7. The van der Waals surface area contributed by atoms with Crippen LogP contribution in [-0.4, -0.2) is 16.8 Å². The maximum absolute atomic E-state index is 12.9. The predicted octanol–water partition coefficient (Wildman–Crippen LogP) is 3.46. The molecule has 2 aliphatic rings. The predicted molar refractivity (Wildman–Crippen MR) is 76.7 cm³/mol. The first kappa shape index (κ1) is 15.7. The van der Waals surface area contributed by atoms with Crippen LogP contribution in [0.3, 0.4) is 0 Å². The largest absolute Gasteiger partial charge is 0.418 e. The molecule has 1 aliphatic heterocycles. The third-order valence-corrected chi connectivity index (χ3v) is 4.28. The lowest BCUT2D eigenvalue weighted by Crippen LogP contribution is -2.33. The second-order valence-electron chi connectivity index (χ2n) is 5.87. The Morgan fingerprint density at radius 3 is 2.04 bits per heavy atom. The molecule has 0 saturated carbocycles.